The van der Waals surface area contributed by atoms with E-state index in [-0.39, 0.29) is 11.9 Å². The average molecular weight is 408 g/mol. The van der Waals surface area contributed by atoms with Gasteiger partial charge in [0.1, 0.15) is 6.04 Å². The van der Waals surface area contributed by atoms with E-state index in [9.17, 15) is 9.59 Å². The highest BCUT2D eigenvalue weighted by molar-refractivity contribution is 6.30. The van der Waals surface area contributed by atoms with Crippen LogP contribution in [0.5, 0.6) is 0 Å². The van der Waals surface area contributed by atoms with E-state index in [1.165, 1.54) is 5.56 Å². The first-order chi connectivity index (χ1) is 13.6. The molecule has 3 rings (SSSR count). The summed E-state index contributed by atoms with van der Waals surface area (Å²) in [6, 6.07) is 7.55. The summed E-state index contributed by atoms with van der Waals surface area (Å²) in [7, 11) is 0. The lowest BCUT2D eigenvalue weighted by Gasteiger charge is -2.38. The Hall–Kier alpha value is -1.63. The van der Waals surface area contributed by atoms with Crippen LogP contribution in [0.25, 0.3) is 0 Å². The van der Waals surface area contributed by atoms with Crippen LogP contribution in [0.15, 0.2) is 24.3 Å². The van der Waals surface area contributed by atoms with E-state index in [0.29, 0.717) is 26.1 Å². The molecule has 1 aromatic rings. The SMILES string of the molecule is CCOC(=O)C1CCCCN1C(=O)CN1CCN(Cc2cccc(Cl)c2)CC1. The first-order valence-electron chi connectivity index (χ1n) is 10.2. The molecule has 1 amide bonds. The lowest BCUT2D eigenvalue weighted by Crippen LogP contribution is -2.54. The summed E-state index contributed by atoms with van der Waals surface area (Å²) in [6.45, 7) is 7.59. The number of halogens is 1. The predicted molar refractivity (Wildman–Crippen MR) is 109 cm³/mol. The number of amides is 1. The number of hydrogen-bond acceptors (Lipinski definition) is 5. The van der Waals surface area contributed by atoms with E-state index in [4.69, 9.17) is 16.3 Å². The van der Waals surface area contributed by atoms with Crippen molar-refractivity contribution < 1.29 is 14.3 Å². The van der Waals surface area contributed by atoms with Crippen molar-refractivity contribution in [3.8, 4) is 0 Å². The Morgan fingerprint density at radius 1 is 1.11 bits per heavy atom. The number of benzene rings is 1. The zero-order valence-corrected chi connectivity index (χ0v) is 17.4. The molecule has 0 saturated carbocycles. The second-order valence-corrected chi connectivity index (χ2v) is 7.97. The number of likely N-dealkylation sites (tertiary alicyclic amines) is 1. The monoisotopic (exact) mass is 407 g/mol. The van der Waals surface area contributed by atoms with Gasteiger partial charge in [0, 0.05) is 44.3 Å². The van der Waals surface area contributed by atoms with Gasteiger partial charge in [0.2, 0.25) is 5.91 Å². The Morgan fingerprint density at radius 3 is 2.57 bits per heavy atom. The summed E-state index contributed by atoms with van der Waals surface area (Å²) in [4.78, 5) is 31.4. The van der Waals surface area contributed by atoms with Crippen LogP contribution in [0.3, 0.4) is 0 Å². The van der Waals surface area contributed by atoms with Gasteiger partial charge in [-0.3, -0.25) is 14.6 Å². The fourth-order valence-corrected chi connectivity index (χ4v) is 4.21. The normalized spacial score (nSPS) is 21.5. The molecule has 2 aliphatic heterocycles. The zero-order chi connectivity index (χ0) is 19.9. The summed E-state index contributed by atoms with van der Waals surface area (Å²) in [5.74, 6) is -0.220. The summed E-state index contributed by atoms with van der Waals surface area (Å²) < 4.78 is 5.17. The molecule has 154 valence electrons. The molecule has 0 aromatic heterocycles. The molecule has 2 heterocycles. The highest BCUT2D eigenvalue weighted by Crippen LogP contribution is 2.19. The Morgan fingerprint density at radius 2 is 1.86 bits per heavy atom. The number of piperazine rings is 1. The Bertz CT molecular complexity index is 677. The van der Waals surface area contributed by atoms with Gasteiger partial charge >= 0.3 is 5.97 Å². The van der Waals surface area contributed by atoms with Crippen LogP contribution in [-0.4, -0.2) is 78.5 Å². The molecule has 6 nitrogen and oxygen atoms in total. The van der Waals surface area contributed by atoms with E-state index in [0.717, 1.165) is 50.6 Å². The third kappa shape index (κ3) is 5.69. The minimum atomic E-state index is -0.412. The van der Waals surface area contributed by atoms with Crippen molar-refractivity contribution in [2.45, 2.75) is 38.8 Å². The van der Waals surface area contributed by atoms with Gasteiger partial charge in [0.05, 0.1) is 13.2 Å². The summed E-state index contributed by atoms with van der Waals surface area (Å²) in [5.41, 5.74) is 1.21. The van der Waals surface area contributed by atoms with Gasteiger partial charge in [-0.1, -0.05) is 23.7 Å². The fraction of sp³-hybridized carbons (Fsp3) is 0.619. The van der Waals surface area contributed by atoms with E-state index in [1.54, 1.807) is 11.8 Å². The van der Waals surface area contributed by atoms with Crippen molar-refractivity contribution in [3.63, 3.8) is 0 Å². The smallest absolute Gasteiger partial charge is 0.328 e. The second-order valence-electron chi connectivity index (χ2n) is 7.53. The van der Waals surface area contributed by atoms with Crippen LogP contribution in [0, 0.1) is 0 Å². The standard InChI is InChI=1S/C21H30ClN3O3/c1-2-28-21(27)19-8-3-4-9-25(19)20(26)16-24-12-10-23(11-13-24)15-17-6-5-7-18(22)14-17/h5-7,14,19H,2-4,8-13,15-16H2,1H3. The molecule has 1 aromatic carbocycles. The van der Waals surface area contributed by atoms with E-state index in [2.05, 4.69) is 15.9 Å². The van der Waals surface area contributed by atoms with Gasteiger partial charge in [-0.2, -0.15) is 0 Å². The first kappa shape index (κ1) is 21.1. The van der Waals surface area contributed by atoms with Gasteiger partial charge < -0.3 is 9.64 Å². The maximum atomic E-state index is 12.8. The van der Waals surface area contributed by atoms with E-state index in [1.807, 2.05) is 18.2 Å². The number of carbonyl (C=O) groups excluding carboxylic acids is 2. The Balaban J connectivity index is 1.48. The lowest BCUT2D eigenvalue weighted by atomic mass is 10.0. The molecule has 1 atom stereocenters. The summed E-state index contributed by atoms with van der Waals surface area (Å²) in [5, 5.41) is 0.763. The number of hydrogen-bond donors (Lipinski definition) is 0. The molecular formula is C21H30ClN3O3. The zero-order valence-electron chi connectivity index (χ0n) is 16.6. The van der Waals surface area contributed by atoms with Gasteiger partial charge in [0.25, 0.3) is 0 Å². The highest BCUT2D eigenvalue weighted by Gasteiger charge is 2.34. The third-order valence-electron chi connectivity index (χ3n) is 5.50. The third-order valence-corrected chi connectivity index (χ3v) is 5.74. The second kappa shape index (κ2) is 10.2. The minimum Gasteiger partial charge on any atom is -0.464 e. The van der Waals surface area contributed by atoms with Crippen molar-refractivity contribution in [3.05, 3.63) is 34.9 Å². The molecule has 0 aliphatic carbocycles. The maximum Gasteiger partial charge on any atom is 0.328 e. The Labute approximate surface area is 172 Å². The molecule has 0 N–H and O–H groups in total. The minimum absolute atomic E-state index is 0.0426. The van der Waals surface area contributed by atoms with Gasteiger partial charge in [0.15, 0.2) is 0 Å². The number of ether oxygens (including phenoxy) is 1. The molecule has 2 fully saturated rings. The van der Waals surface area contributed by atoms with Crippen molar-refractivity contribution in [1.29, 1.82) is 0 Å². The molecule has 28 heavy (non-hydrogen) atoms. The summed E-state index contributed by atoms with van der Waals surface area (Å²) in [6.07, 6.45) is 2.63. The van der Waals surface area contributed by atoms with Crippen molar-refractivity contribution in [2.24, 2.45) is 0 Å². The largest absolute Gasteiger partial charge is 0.464 e. The molecule has 2 aliphatic rings. The summed E-state index contributed by atoms with van der Waals surface area (Å²) >= 11 is 6.07. The molecule has 7 heteroatoms. The predicted octanol–water partition coefficient (Wildman–Crippen LogP) is 2.40. The number of carbonyl (C=O) groups is 2. The van der Waals surface area contributed by atoms with E-state index >= 15 is 0 Å². The molecule has 0 radical (unpaired) electrons. The Kier molecular flexibility index (Phi) is 7.71. The molecular weight excluding hydrogens is 378 g/mol. The van der Waals surface area contributed by atoms with Crippen molar-refractivity contribution in [1.82, 2.24) is 14.7 Å². The number of rotatable bonds is 6. The molecule has 2 saturated heterocycles. The fourth-order valence-electron chi connectivity index (χ4n) is 3.99. The van der Waals surface area contributed by atoms with Gasteiger partial charge in [-0.05, 0) is 43.9 Å². The van der Waals surface area contributed by atoms with Crippen LogP contribution >= 0.6 is 11.6 Å². The average Bonchev–Trinajstić information content (AvgIpc) is 2.70. The van der Waals surface area contributed by atoms with Crippen molar-refractivity contribution in [2.75, 3.05) is 45.9 Å². The molecule has 1 unspecified atom stereocenters. The van der Waals surface area contributed by atoms with Crippen LogP contribution in [0.2, 0.25) is 5.02 Å². The molecule has 0 spiro atoms. The highest BCUT2D eigenvalue weighted by atomic mass is 35.5. The van der Waals surface area contributed by atoms with Crippen LogP contribution in [0.4, 0.5) is 0 Å². The van der Waals surface area contributed by atoms with Gasteiger partial charge in [-0.25, -0.2) is 4.79 Å². The van der Waals surface area contributed by atoms with Gasteiger partial charge in [-0.15, -0.1) is 0 Å². The lowest BCUT2D eigenvalue weighted by molar-refractivity contribution is -0.157. The molecule has 0 bridgehead atoms. The number of nitrogens with zero attached hydrogens (tertiary/aromatic N) is 3. The maximum absolute atomic E-state index is 12.8. The number of piperidine rings is 1. The van der Waals surface area contributed by atoms with E-state index < -0.39 is 6.04 Å². The number of esters is 1. The quantitative estimate of drug-likeness (QED) is 0.678. The first-order valence-corrected chi connectivity index (χ1v) is 10.6. The van der Waals surface area contributed by atoms with Crippen LogP contribution in [-0.2, 0) is 20.9 Å². The van der Waals surface area contributed by atoms with Crippen molar-refractivity contribution >= 4 is 23.5 Å². The van der Waals surface area contributed by atoms with Crippen LogP contribution in [0.1, 0.15) is 31.7 Å². The topological polar surface area (TPSA) is 53.1 Å². The van der Waals surface area contributed by atoms with Crippen LogP contribution < -0.4 is 0 Å².